The molecule has 2 fully saturated rings. The van der Waals surface area contributed by atoms with Crippen LogP contribution in [0.2, 0.25) is 0 Å². The maximum Gasteiger partial charge on any atom is 0.181 e. The number of ether oxygens (including phenoxy) is 2. The molecule has 0 aromatic rings. The molecule has 0 aliphatic carbocycles. The lowest BCUT2D eigenvalue weighted by Gasteiger charge is -2.29. The molecule has 2 heterocycles. The molecule has 13 heavy (non-hydrogen) atoms. The highest BCUT2D eigenvalue weighted by atomic mass is 16.7. The van der Waals surface area contributed by atoms with Crippen LogP contribution >= 0.6 is 0 Å². The number of aliphatic hydroxyl groups excluding tert-OH is 1. The summed E-state index contributed by atoms with van der Waals surface area (Å²) in [5.74, 6) is -0.524. The van der Waals surface area contributed by atoms with E-state index in [0.717, 1.165) is 13.0 Å². The van der Waals surface area contributed by atoms with Crippen LogP contribution in [0.1, 0.15) is 19.8 Å². The molecule has 2 N–H and O–H groups in total. The van der Waals surface area contributed by atoms with Crippen LogP contribution in [0.5, 0.6) is 0 Å². The van der Waals surface area contributed by atoms with E-state index in [1.54, 1.807) is 0 Å². The van der Waals surface area contributed by atoms with Crippen molar-refractivity contribution in [3.63, 3.8) is 0 Å². The first kappa shape index (κ1) is 9.40. The minimum atomic E-state index is -0.524. The Labute approximate surface area is 78.2 Å². The first-order valence-corrected chi connectivity index (χ1v) is 4.90. The molecule has 0 saturated carbocycles. The molecule has 4 heteroatoms. The molecule has 76 valence electrons. The molecule has 2 aliphatic heterocycles. The van der Waals surface area contributed by atoms with Gasteiger partial charge in [0.25, 0.3) is 0 Å². The van der Waals surface area contributed by atoms with Gasteiger partial charge < -0.3 is 19.9 Å². The van der Waals surface area contributed by atoms with Gasteiger partial charge in [-0.1, -0.05) is 0 Å². The molecular formula is C9H17NO3. The molecule has 3 unspecified atom stereocenters. The zero-order valence-corrected chi connectivity index (χ0v) is 7.95. The Kier molecular flexibility index (Phi) is 2.55. The molecule has 4 nitrogen and oxygen atoms in total. The highest BCUT2D eigenvalue weighted by Crippen LogP contribution is 2.30. The topological polar surface area (TPSA) is 50.7 Å². The number of nitrogens with one attached hydrogen (secondary N) is 1. The fourth-order valence-electron chi connectivity index (χ4n) is 2.06. The van der Waals surface area contributed by atoms with Gasteiger partial charge in [-0.15, -0.1) is 0 Å². The van der Waals surface area contributed by atoms with Crippen LogP contribution in [0.15, 0.2) is 0 Å². The lowest BCUT2D eigenvalue weighted by Crippen LogP contribution is -2.46. The van der Waals surface area contributed by atoms with Gasteiger partial charge in [-0.25, -0.2) is 0 Å². The second-order valence-corrected chi connectivity index (χ2v) is 3.90. The summed E-state index contributed by atoms with van der Waals surface area (Å²) in [6, 6.07) is 0.282. The van der Waals surface area contributed by atoms with Crippen molar-refractivity contribution in [1.29, 1.82) is 0 Å². The molecular weight excluding hydrogens is 170 g/mol. The lowest BCUT2D eigenvalue weighted by molar-refractivity contribution is -0.175. The maximum absolute atomic E-state index is 8.92. The minimum absolute atomic E-state index is 0.0440. The average molecular weight is 187 g/mol. The largest absolute Gasteiger partial charge is 0.394 e. The normalized spacial score (nSPS) is 45.7. The van der Waals surface area contributed by atoms with E-state index in [1.165, 1.54) is 6.42 Å². The first-order valence-electron chi connectivity index (χ1n) is 4.90. The molecule has 3 atom stereocenters. The summed E-state index contributed by atoms with van der Waals surface area (Å²) in [6.07, 6.45) is 2.12. The molecule has 0 spiro atoms. The Balaban J connectivity index is 1.96. The fraction of sp³-hybridized carbons (Fsp3) is 1.00. The number of rotatable bonds is 2. The van der Waals surface area contributed by atoms with E-state index in [1.807, 2.05) is 6.92 Å². The number of hydrogen-bond donors (Lipinski definition) is 2. The van der Waals surface area contributed by atoms with Crippen LogP contribution < -0.4 is 5.32 Å². The quantitative estimate of drug-likeness (QED) is 0.632. The van der Waals surface area contributed by atoms with E-state index < -0.39 is 5.79 Å². The highest BCUT2D eigenvalue weighted by molar-refractivity contribution is 4.90. The Morgan fingerprint density at radius 3 is 3.00 bits per heavy atom. The van der Waals surface area contributed by atoms with Crippen LogP contribution in [0.3, 0.4) is 0 Å². The van der Waals surface area contributed by atoms with Crippen LogP contribution in [-0.2, 0) is 9.47 Å². The predicted molar refractivity (Wildman–Crippen MR) is 47.3 cm³/mol. The number of hydrogen-bond acceptors (Lipinski definition) is 4. The summed E-state index contributed by atoms with van der Waals surface area (Å²) < 4.78 is 11.2. The van der Waals surface area contributed by atoms with E-state index in [9.17, 15) is 0 Å². The van der Waals surface area contributed by atoms with Gasteiger partial charge in [0.1, 0.15) is 6.10 Å². The van der Waals surface area contributed by atoms with E-state index in [2.05, 4.69) is 5.32 Å². The molecule has 2 saturated heterocycles. The van der Waals surface area contributed by atoms with Crippen molar-refractivity contribution >= 4 is 0 Å². The molecule has 0 bridgehead atoms. The van der Waals surface area contributed by atoms with Gasteiger partial charge in [-0.05, 0) is 26.3 Å². The number of aliphatic hydroxyl groups is 1. The lowest BCUT2D eigenvalue weighted by atomic mass is 10.1. The van der Waals surface area contributed by atoms with Gasteiger partial charge in [-0.3, -0.25) is 0 Å². The Morgan fingerprint density at radius 2 is 2.46 bits per heavy atom. The van der Waals surface area contributed by atoms with Gasteiger partial charge in [-0.2, -0.15) is 0 Å². The molecule has 2 aliphatic rings. The molecule has 2 rings (SSSR count). The predicted octanol–water partition coefficient (Wildman–Crippen LogP) is -0.138. The van der Waals surface area contributed by atoms with E-state index in [0.29, 0.717) is 6.61 Å². The summed E-state index contributed by atoms with van der Waals surface area (Å²) >= 11 is 0. The van der Waals surface area contributed by atoms with Gasteiger partial charge in [0.05, 0.1) is 19.3 Å². The summed E-state index contributed by atoms with van der Waals surface area (Å²) in [5, 5.41) is 12.3. The average Bonchev–Trinajstić information content (AvgIpc) is 2.72. The Bertz CT molecular complexity index is 182. The summed E-state index contributed by atoms with van der Waals surface area (Å²) in [6.45, 7) is 3.54. The molecule has 0 radical (unpaired) electrons. The Hall–Kier alpha value is -0.160. The van der Waals surface area contributed by atoms with Gasteiger partial charge >= 0.3 is 0 Å². The minimum Gasteiger partial charge on any atom is -0.394 e. The maximum atomic E-state index is 8.92. The van der Waals surface area contributed by atoms with Crippen LogP contribution in [0.4, 0.5) is 0 Å². The van der Waals surface area contributed by atoms with Crippen molar-refractivity contribution in [2.75, 3.05) is 19.8 Å². The molecule has 0 aromatic carbocycles. The van der Waals surface area contributed by atoms with Crippen LogP contribution in [-0.4, -0.2) is 42.8 Å². The fourth-order valence-corrected chi connectivity index (χ4v) is 2.06. The van der Waals surface area contributed by atoms with Crippen molar-refractivity contribution in [3.05, 3.63) is 0 Å². The second-order valence-electron chi connectivity index (χ2n) is 3.90. The molecule has 0 aromatic heterocycles. The SMILES string of the molecule is CC1(C2CCCN2)OCC(CO)O1. The zero-order valence-electron chi connectivity index (χ0n) is 7.95. The Morgan fingerprint density at radius 1 is 1.62 bits per heavy atom. The highest BCUT2D eigenvalue weighted by Gasteiger charge is 2.44. The monoisotopic (exact) mass is 187 g/mol. The van der Waals surface area contributed by atoms with Crippen molar-refractivity contribution in [2.45, 2.75) is 37.7 Å². The van der Waals surface area contributed by atoms with Crippen molar-refractivity contribution in [3.8, 4) is 0 Å². The van der Waals surface area contributed by atoms with Gasteiger partial charge in [0.2, 0.25) is 0 Å². The summed E-state index contributed by atoms with van der Waals surface area (Å²) in [7, 11) is 0. The zero-order chi connectivity index (χ0) is 9.31. The van der Waals surface area contributed by atoms with E-state index >= 15 is 0 Å². The van der Waals surface area contributed by atoms with Gasteiger partial charge in [0, 0.05) is 0 Å². The van der Waals surface area contributed by atoms with E-state index in [-0.39, 0.29) is 18.8 Å². The third kappa shape index (κ3) is 1.72. The van der Waals surface area contributed by atoms with E-state index in [4.69, 9.17) is 14.6 Å². The third-order valence-corrected chi connectivity index (χ3v) is 2.85. The second kappa shape index (κ2) is 3.53. The van der Waals surface area contributed by atoms with Crippen molar-refractivity contribution < 1.29 is 14.6 Å². The third-order valence-electron chi connectivity index (χ3n) is 2.85. The van der Waals surface area contributed by atoms with Crippen LogP contribution in [0.25, 0.3) is 0 Å². The summed E-state index contributed by atoms with van der Waals surface area (Å²) in [5.41, 5.74) is 0. The van der Waals surface area contributed by atoms with Gasteiger partial charge in [0.15, 0.2) is 5.79 Å². The summed E-state index contributed by atoms with van der Waals surface area (Å²) in [4.78, 5) is 0. The van der Waals surface area contributed by atoms with Crippen molar-refractivity contribution in [2.24, 2.45) is 0 Å². The standard InChI is InChI=1S/C9H17NO3/c1-9(8-3-2-4-10-8)12-6-7(5-11)13-9/h7-8,10-11H,2-6H2,1H3. The van der Waals surface area contributed by atoms with Crippen molar-refractivity contribution in [1.82, 2.24) is 5.32 Å². The first-order chi connectivity index (χ1) is 6.24. The smallest absolute Gasteiger partial charge is 0.181 e. The van der Waals surface area contributed by atoms with Crippen LogP contribution in [0, 0.1) is 0 Å². The molecule has 0 amide bonds.